The SMILES string of the molecule is C=C(CN1CCCCC1)c1cc(Cl)c2c(c1)N(C)CCN2C. The number of benzene rings is 1. The van der Waals surface area contributed by atoms with Crippen molar-refractivity contribution >= 4 is 28.5 Å². The molecule has 120 valence electrons. The summed E-state index contributed by atoms with van der Waals surface area (Å²) in [6.07, 6.45) is 3.99. The lowest BCUT2D eigenvalue weighted by atomic mass is 10.0. The minimum Gasteiger partial charge on any atom is -0.371 e. The van der Waals surface area contributed by atoms with E-state index in [1.165, 1.54) is 49.2 Å². The van der Waals surface area contributed by atoms with Gasteiger partial charge in [0.15, 0.2) is 0 Å². The number of anilines is 2. The summed E-state index contributed by atoms with van der Waals surface area (Å²) >= 11 is 6.57. The summed E-state index contributed by atoms with van der Waals surface area (Å²) in [6, 6.07) is 4.34. The number of halogens is 1. The van der Waals surface area contributed by atoms with Crippen molar-refractivity contribution in [1.29, 1.82) is 0 Å². The molecule has 3 rings (SSSR count). The molecule has 0 radical (unpaired) electrons. The second-order valence-electron chi connectivity index (χ2n) is 6.61. The summed E-state index contributed by atoms with van der Waals surface area (Å²) in [5, 5.41) is 0.835. The van der Waals surface area contributed by atoms with Gasteiger partial charge in [0.1, 0.15) is 0 Å². The van der Waals surface area contributed by atoms with Gasteiger partial charge in [0.25, 0.3) is 0 Å². The topological polar surface area (TPSA) is 9.72 Å². The molecule has 0 unspecified atom stereocenters. The van der Waals surface area contributed by atoms with Crippen LogP contribution in [0, 0.1) is 0 Å². The molecule has 0 aliphatic carbocycles. The first-order valence-corrected chi connectivity index (χ1v) is 8.60. The highest BCUT2D eigenvalue weighted by Gasteiger charge is 2.22. The molecular formula is C18H26ClN3. The van der Waals surface area contributed by atoms with E-state index in [0.717, 1.165) is 30.3 Å². The third-order valence-electron chi connectivity index (χ3n) is 4.88. The summed E-state index contributed by atoms with van der Waals surface area (Å²) in [7, 11) is 4.25. The molecule has 3 nitrogen and oxygen atoms in total. The van der Waals surface area contributed by atoms with Crippen molar-refractivity contribution in [2.45, 2.75) is 19.3 Å². The number of piperidine rings is 1. The highest BCUT2D eigenvalue weighted by atomic mass is 35.5. The van der Waals surface area contributed by atoms with E-state index in [-0.39, 0.29) is 0 Å². The first-order valence-electron chi connectivity index (χ1n) is 8.22. The average molecular weight is 320 g/mol. The summed E-state index contributed by atoms with van der Waals surface area (Å²) in [4.78, 5) is 7.04. The molecule has 0 saturated carbocycles. The second kappa shape index (κ2) is 6.51. The van der Waals surface area contributed by atoms with Gasteiger partial charge in [0.05, 0.1) is 16.4 Å². The average Bonchev–Trinajstić information content (AvgIpc) is 2.51. The number of likely N-dealkylation sites (N-methyl/N-ethyl adjacent to an activating group) is 2. The zero-order valence-corrected chi connectivity index (χ0v) is 14.5. The maximum absolute atomic E-state index is 6.57. The van der Waals surface area contributed by atoms with Crippen LogP contribution in [0.4, 0.5) is 11.4 Å². The lowest BCUT2D eigenvalue weighted by Gasteiger charge is -2.36. The Hall–Kier alpha value is -1.19. The van der Waals surface area contributed by atoms with Crippen LogP contribution >= 0.6 is 11.6 Å². The van der Waals surface area contributed by atoms with Gasteiger partial charge in [-0.2, -0.15) is 0 Å². The third kappa shape index (κ3) is 3.11. The van der Waals surface area contributed by atoms with Gasteiger partial charge in [-0.25, -0.2) is 0 Å². The van der Waals surface area contributed by atoms with Crippen LogP contribution in [0.15, 0.2) is 18.7 Å². The van der Waals surface area contributed by atoms with E-state index in [9.17, 15) is 0 Å². The van der Waals surface area contributed by atoms with Crippen LogP contribution in [-0.2, 0) is 0 Å². The number of likely N-dealkylation sites (tertiary alicyclic amines) is 1. The summed E-state index contributed by atoms with van der Waals surface area (Å²) in [5.41, 5.74) is 4.71. The van der Waals surface area contributed by atoms with E-state index >= 15 is 0 Å². The number of rotatable bonds is 3. The molecule has 0 amide bonds. The number of hydrogen-bond donors (Lipinski definition) is 0. The van der Waals surface area contributed by atoms with Crippen molar-refractivity contribution in [3.05, 3.63) is 29.3 Å². The van der Waals surface area contributed by atoms with E-state index in [1.807, 2.05) is 0 Å². The van der Waals surface area contributed by atoms with Crippen molar-refractivity contribution in [2.75, 3.05) is 56.6 Å². The van der Waals surface area contributed by atoms with Gasteiger partial charge in [-0.05, 0) is 49.2 Å². The van der Waals surface area contributed by atoms with Crippen LogP contribution in [0.1, 0.15) is 24.8 Å². The van der Waals surface area contributed by atoms with E-state index in [2.05, 4.69) is 47.5 Å². The molecule has 0 N–H and O–H groups in total. The Kier molecular flexibility index (Phi) is 4.65. The molecule has 0 spiro atoms. The van der Waals surface area contributed by atoms with Crippen LogP contribution in [0.3, 0.4) is 0 Å². The fourth-order valence-electron chi connectivity index (χ4n) is 3.47. The summed E-state index contributed by atoms with van der Waals surface area (Å²) in [5.74, 6) is 0. The molecule has 4 heteroatoms. The minimum atomic E-state index is 0.835. The molecule has 2 heterocycles. The van der Waals surface area contributed by atoms with E-state index in [0.29, 0.717) is 0 Å². The van der Waals surface area contributed by atoms with Gasteiger partial charge in [-0.15, -0.1) is 0 Å². The smallest absolute Gasteiger partial charge is 0.0791 e. The van der Waals surface area contributed by atoms with E-state index in [1.54, 1.807) is 0 Å². The van der Waals surface area contributed by atoms with Crippen LogP contribution < -0.4 is 9.80 Å². The Morgan fingerprint density at radius 1 is 1.05 bits per heavy atom. The van der Waals surface area contributed by atoms with Crippen molar-refractivity contribution < 1.29 is 0 Å². The molecule has 22 heavy (non-hydrogen) atoms. The van der Waals surface area contributed by atoms with E-state index in [4.69, 9.17) is 11.6 Å². The first-order chi connectivity index (χ1) is 10.6. The molecule has 2 aliphatic rings. The van der Waals surface area contributed by atoms with E-state index < -0.39 is 0 Å². The Labute approximate surface area is 139 Å². The second-order valence-corrected chi connectivity index (χ2v) is 7.02. The first kappa shape index (κ1) is 15.7. The Bertz CT molecular complexity index is 564. The molecular weight excluding hydrogens is 294 g/mol. The normalized spacial score (nSPS) is 19.2. The lowest BCUT2D eigenvalue weighted by molar-refractivity contribution is 0.255. The van der Waals surface area contributed by atoms with Gasteiger partial charge in [-0.1, -0.05) is 24.6 Å². The maximum Gasteiger partial charge on any atom is 0.0791 e. The standard InChI is InChI=1S/C18H26ClN3/c1-14(13-22-7-5-4-6-8-22)15-11-16(19)18-17(12-15)20(2)9-10-21(18)3/h11-12H,1,4-10,13H2,2-3H3. The van der Waals surface area contributed by atoms with Crippen LogP contribution in [0.5, 0.6) is 0 Å². The third-order valence-corrected chi connectivity index (χ3v) is 5.17. The fourth-order valence-corrected chi connectivity index (χ4v) is 3.83. The lowest BCUT2D eigenvalue weighted by Crippen LogP contribution is -2.37. The molecule has 1 fully saturated rings. The van der Waals surface area contributed by atoms with Gasteiger partial charge < -0.3 is 9.80 Å². The van der Waals surface area contributed by atoms with Gasteiger partial charge in [-0.3, -0.25) is 4.90 Å². The molecule has 0 bridgehead atoms. The number of nitrogens with zero attached hydrogens (tertiary/aromatic N) is 3. The van der Waals surface area contributed by atoms with Gasteiger partial charge in [0, 0.05) is 33.7 Å². The summed E-state index contributed by atoms with van der Waals surface area (Å²) < 4.78 is 0. The van der Waals surface area contributed by atoms with Gasteiger partial charge in [0.2, 0.25) is 0 Å². The van der Waals surface area contributed by atoms with Crippen LogP contribution in [-0.4, -0.2) is 51.7 Å². The predicted molar refractivity (Wildman–Crippen MR) is 97.3 cm³/mol. The zero-order valence-electron chi connectivity index (χ0n) is 13.7. The zero-order chi connectivity index (χ0) is 15.7. The fraction of sp³-hybridized carbons (Fsp3) is 0.556. The highest BCUT2D eigenvalue weighted by Crippen LogP contribution is 2.40. The Morgan fingerprint density at radius 3 is 2.45 bits per heavy atom. The quantitative estimate of drug-likeness (QED) is 0.840. The van der Waals surface area contributed by atoms with Crippen molar-refractivity contribution in [3.8, 4) is 0 Å². The predicted octanol–water partition coefficient (Wildman–Crippen LogP) is 3.73. The molecule has 1 aromatic carbocycles. The largest absolute Gasteiger partial charge is 0.371 e. The molecule has 1 saturated heterocycles. The number of hydrogen-bond acceptors (Lipinski definition) is 3. The minimum absolute atomic E-state index is 0.835. The monoisotopic (exact) mass is 319 g/mol. The maximum atomic E-state index is 6.57. The van der Waals surface area contributed by atoms with Crippen LogP contribution in [0.25, 0.3) is 5.57 Å². The molecule has 0 atom stereocenters. The molecule has 0 aromatic heterocycles. The van der Waals surface area contributed by atoms with Crippen molar-refractivity contribution in [3.63, 3.8) is 0 Å². The Balaban J connectivity index is 1.83. The van der Waals surface area contributed by atoms with Crippen molar-refractivity contribution in [1.82, 2.24) is 4.90 Å². The van der Waals surface area contributed by atoms with Crippen LogP contribution in [0.2, 0.25) is 5.02 Å². The van der Waals surface area contributed by atoms with Gasteiger partial charge >= 0.3 is 0 Å². The number of fused-ring (bicyclic) bond motifs is 1. The molecule has 2 aliphatic heterocycles. The highest BCUT2D eigenvalue weighted by molar-refractivity contribution is 6.34. The summed E-state index contributed by atoms with van der Waals surface area (Å²) in [6.45, 7) is 9.70. The molecule has 1 aromatic rings. The van der Waals surface area contributed by atoms with Crippen molar-refractivity contribution in [2.24, 2.45) is 0 Å². The Morgan fingerprint density at radius 2 is 1.73 bits per heavy atom.